The zero-order valence-electron chi connectivity index (χ0n) is 12.9. The van der Waals surface area contributed by atoms with Crippen molar-refractivity contribution in [1.29, 1.82) is 0 Å². The summed E-state index contributed by atoms with van der Waals surface area (Å²) in [4.78, 5) is 32.4. The van der Waals surface area contributed by atoms with Crippen LogP contribution >= 0.6 is 34.4 Å². The van der Waals surface area contributed by atoms with Crippen molar-refractivity contribution in [3.63, 3.8) is 0 Å². The lowest BCUT2D eigenvalue weighted by molar-refractivity contribution is -0.125. The van der Waals surface area contributed by atoms with E-state index < -0.39 is 0 Å². The molecule has 0 saturated carbocycles. The topological polar surface area (TPSA) is 55.2 Å². The highest BCUT2D eigenvalue weighted by Gasteiger charge is 2.17. The maximum atomic E-state index is 12.7. The molecule has 120 valence electrons. The Bertz CT molecular complexity index is 910. The molecule has 0 N–H and O–H groups in total. The Morgan fingerprint density at radius 2 is 2.17 bits per heavy atom. The summed E-state index contributed by atoms with van der Waals surface area (Å²) < 4.78 is 1.53. The Morgan fingerprint density at radius 3 is 2.83 bits per heavy atom. The second-order valence-electron chi connectivity index (χ2n) is 5.14. The lowest BCUT2D eigenvalue weighted by Crippen LogP contribution is -2.25. The van der Waals surface area contributed by atoms with E-state index in [0.717, 1.165) is 15.3 Å². The minimum absolute atomic E-state index is 0.00481. The van der Waals surface area contributed by atoms with Crippen molar-refractivity contribution in [2.45, 2.75) is 5.16 Å². The maximum Gasteiger partial charge on any atom is 0.263 e. The number of amides is 1. The van der Waals surface area contributed by atoms with E-state index >= 15 is 0 Å². The van der Waals surface area contributed by atoms with Crippen LogP contribution in [0.5, 0.6) is 0 Å². The smallest absolute Gasteiger partial charge is 0.263 e. The van der Waals surface area contributed by atoms with Crippen LogP contribution in [-0.2, 0) is 11.8 Å². The van der Waals surface area contributed by atoms with Gasteiger partial charge >= 0.3 is 0 Å². The van der Waals surface area contributed by atoms with Crippen molar-refractivity contribution in [1.82, 2.24) is 14.5 Å². The molecule has 1 amide bonds. The SMILES string of the molecule is CN(C)C(=O)CSc1nc2scc(-c3cccs3)c2c(=O)n1C. The van der Waals surface area contributed by atoms with Crippen LogP contribution in [0.1, 0.15) is 0 Å². The molecular weight excluding hydrogens is 350 g/mol. The molecule has 0 aliphatic carbocycles. The minimum Gasteiger partial charge on any atom is -0.348 e. The van der Waals surface area contributed by atoms with Gasteiger partial charge in [0, 0.05) is 37.0 Å². The monoisotopic (exact) mass is 365 g/mol. The van der Waals surface area contributed by atoms with Gasteiger partial charge in [0.05, 0.1) is 11.1 Å². The van der Waals surface area contributed by atoms with Crippen LogP contribution in [0.3, 0.4) is 0 Å². The third-order valence-electron chi connectivity index (χ3n) is 3.38. The number of fused-ring (bicyclic) bond motifs is 1. The first-order valence-electron chi connectivity index (χ1n) is 6.84. The highest BCUT2D eigenvalue weighted by atomic mass is 32.2. The Kier molecular flexibility index (Phi) is 4.56. The Morgan fingerprint density at radius 1 is 1.39 bits per heavy atom. The molecule has 0 aliphatic heterocycles. The first-order chi connectivity index (χ1) is 11.0. The summed E-state index contributed by atoms with van der Waals surface area (Å²) in [5.74, 6) is 0.261. The summed E-state index contributed by atoms with van der Waals surface area (Å²) in [5, 5.41) is 5.19. The van der Waals surface area contributed by atoms with Gasteiger partial charge in [-0.15, -0.1) is 22.7 Å². The fraction of sp³-hybridized carbons (Fsp3) is 0.267. The van der Waals surface area contributed by atoms with Gasteiger partial charge in [0.1, 0.15) is 4.83 Å². The van der Waals surface area contributed by atoms with Crippen molar-refractivity contribution in [3.8, 4) is 10.4 Å². The highest BCUT2D eigenvalue weighted by molar-refractivity contribution is 7.99. The molecule has 0 unspecified atom stereocenters. The normalized spacial score (nSPS) is 11.1. The van der Waals surface area contributed by atoms with Gasteiger partial charge in [-0.05, 0) is 11.4 Å². The molecule has 0 radical (unpaired) electrons. The summed E-state index contributed by atoms with van der Waals surface area (Å²) in [6, 6.07) is 3.97. The van der Waals surface area contributed by atoms with Crippen molar-refractivity contribution in [3.05, 3.63) is 33.2 Å². The zero-order chi connectivity index (χ0) is 16.6. The largest absolute Gasteiger partial charge is 0.348 e. The summed E-state index contributed by atoms with van der Waals surface area (Å²) in [6.45, 7) is 0. The minimum atomic E-state index is -0.0700. The fourth-order valence-corrected chi connectivity index (χ4v) is 4.80. The predicted octanol–water partition coefficient (Wildman–Crippen LogP) is 2.90. The van der Waals surface area contributed by atoms with Gasteiger partial charge in [0.25, 0.3) is 5.56 Å². The van der Waals surface area contributed by atoms with E-state index in [1.165, 1.54) is 32.6 Å². The third-order valence-corrected chi connectivity index (χ3v) is 6.17. The molecule has 5 nitrogen and oxygen atoms in total. The van der Waals surface area contributed by atoms with Crippen molar-refractivity contribution in [2.75, 3.05) is 19.8 Å². The number of thiophene rings is 2. The van der Waals surface area contributed by atoms with E-state index in [-0.39, 0.29) is 17.2 Å². The number of hydrogen-bond acceptors (Lipinski definition) is 6. The molecule has 3 aromatic rings. The van der Waals surface area contributed by atoms with Crippen LogP contribution in [0.15, 0.2) is 32.8 Å². The lowest BCUT2D eigenvalue weighted by Gasteiger charge is -2.11. The molecule has 0 fully saturated rings. The predicted molar refractivity (Wildman–Crippen MR) is 97.6 cm³/mol. The molecular formula is C15H15N3O2S3. The molecule has 3 aromatic heterocycles. The van der Waals surface area contributed by atoms with Gasteiger partial charge in [-0.25, -0.2) is 4.98 Å². The quantitative estimate of drug-likeness (QED) is 0.527. The molecule has 0 aliphatic rings. The number of carbonyl (C=O) groups is 1. The number of aromatic nitrogens is 2. The average molecular weight is 366 g/mol. The number of rotatable bonds is 4. The van der Waals surface area contributed by atoms with Crippen molar-refractivity contribution < 1.29 is 4.79 Å². The molecule has 0 spiro atoms. The molecule has 0 atom stereocenters. The van der Waals surface area contributed by atoms with Crippen LogP contribution in [0.25, 0.3) is 20.7 Å². The molecule has 3 heterocycles. The summed E-state index contributed by atoms with van der Waals surface area (Å²) in [6.07, 6.45) is 0. The fourth-order valence-electron chi connectivity index (χ4n) is 2.05. The van der Waals surface area contributed by atoms with Gasteiger partial charge in [-0.2, -0.15) is 0 Å². The van der Waals surface area contributed by atoms with Crippen LogP contribution < -0.4 is 5.56 Å². The van der Waals surface area contributed by atoms with E-state index in [0.29, 0.717) is 10.5 Å². The van der Waals surface area contributed by atoms with Crippen molar-refractivity contribution >= 4 is 50.6 Å². The Hall–Kier alpha value is -1.64. The van der Waals surface area contributed by atoms with Gasteiger partial charge < -0.3 is 4.90 Å². The van der Waals surface area contributed by atoms with Crippen LogP contribution in [-0.4, -0.2) is 40.2 Å². The first-order valence-corrected chi connectivity index (χ1v) is 9.58. The van der Waals surface area contributed by atoms with E-state index in [1.807, 2.05) is 22.9 Å². The summed E-state index contributed by atoms with van der Waals surface area (Å²) in [7, 11) is 5.13. The highest BCUT2D eigenvalue weighted by Crippen LogP contribution is 2.34. The molecule has 0 bridgehead atoms. The Balaban J connectivity index is 2.02. The van der Waals surface area contributed by atoms with Gasteiger partial charge in [0.2, 0.25) is 5.91 Å². The number of hydrogen-bond donors (Lipinski definition) is 0. The third kappa shape index (κ3) is 3.06. The van der Waals surface area contributed by atoms with E-state index in [4.69, 9.17) is 0 Å². The summed E-state index contributed by atoms with van der Waals surface area (Å²) in [5.41, 5.74) is 0.869. The number of carbonyl (C=O) groups excluding carboxylic acids is 1. The van der Waals surface area contributed by atoms with Gasteiger partial charge in [-0.1, -0.05) is 17.8 Å². The average Bonchev–Trinajstić information content (AvgIpc) is 3.17. The molecule has 3 rings (SSSR count). The first kappa shape index (κ1) is 16.2. The number of nitrogens with zero attached hydrogens (tertiary/aromatic N) is 3. The van der Waals surface area contributed by atoms with Crippen LogP contribution in [0, 0.1) is 0 Å². The maximum absolute atomic E-state index is 12.7. The van der Waals surface area contributed by atoms with E-state index in [1.54, 1.807) is 32.5 Å². The number of thioether (sulfide) groups is 1. The Labute approximate surface area is 145 Å². The van der Waals surface area contributed by atoms with Gasteiger partial charge in [0.15, 0.2) is 5.16 Å². The molecule has 0 aromatic carbocycles. The molecule has 23 heavy (non-hydrogen) atoms. The van der Waals surface area contributed by atoms with Crippen LogP contribution in [0.4, 0.5) is 0 Å². The second kappa shape index (κ2) is 6.46. The molecule has 0 saturated heterocycles. The van der Waals surface area contributed by atoms with Crippen molar-refractivity contribution in [2.24, 2.45) is 7.05 Å². The van der Waals surface area contributed by atoms with E-state index in [9.17, 15) is 9.59 Å². The standard InChI is InChI=1S/C15H15N3O2S3/c1-17(2)11(19)8-23-15-16-13-12(14(20)18(15)3)9(7-22-13)10-5-4-6-21-10/h4-7H,8H2,1-3H3. The molecule has 8 heteroatoms. The van der Waals surface area contributed by atoms with E-state index in [2.05, 4.69) is 4.98 Å². The second-order valence-corrected chi connectivity index (χ2v) is 7.89. The zero-order valence-corrected chi connectivity index (χ0v) is 15.3. The van der Waals surface area contributed by atoms with Crippen LogP contribution in [0.2, 0.25) is 0 Å². The summed E-state index contributed by atoms with van der Waals surface area (Å²) >= 11 is 4.36. The van der Waals surface area contributed by atoms with Gasteiger partial charge in [-0.3, -0.25) is 14.2 Å². The lowest BCUT2D eigenvalue weighted by atomic mass is 10.2.